The summed E-state index contributed by atoms with van der Waals surface area (Å²) in [5.41, 5.74) is 2.36. The molecule has 2 aromatic rings. The predicted molar refractivity (Wildman–Crippen MR) is 74.9 cm³/mol. The van der Waals surface area contributed by atoms with E-state index in [2.05, 4.69) is 4.98 Å². The molecule has 0 bridgehead atoms. The van der Waals surface area contributed by atoms with Crippen LogP contribution in [0.3, 0.4) is 0 Å². The number of ketones is 1. The van der Waals surface area contributed by atoms with E-state index in [1.807, 2.05) is 31.2 Å². The van der Waals surface area contributed by atoms with E-state index in [0.29, 0.717) is 11.3 Å². The molecule has 3 rings (SSSR count). The highest BCUT2D eigenvalue weighted by molar-refractivity contribution is 6.06. The Balaban J connectivity index is 1.76. The van der Waals surface area contributed by atoms with Crippen LogP contribution in [0.2, 0.25) is 0 Å². The van der Waals surface area contributed by atoms with Gasteiger partial charge in [-0.15, -0.1) is 0 Å². The van der Waals surface area contributed by atoms with Crippen LogP contribution in [0.15, 0.2) is 42.6 Å². The maximum absolute atomic E-state index is 12.0. The Kier molecular flexibility index (Phi) is 3.21. The van der Waals surface area contributed by atoms with Gasteiger partial charge in [0.05, 0.1) is 0 Å². The first-order valence-corrected chi connectivity index (χ1v) is 6.27. The summed E-state index contributed by atoms with van der Waals surface area (Å²) < 4.78 is 10.5. The van der Waals surface area contributed by atoms with Crippen molar-refractivity contribution in [2.75, 3.05) is 6.79 Å². The van der Waals surface area contributed by atoms with Gasteiger partial charge in [-0.3, -0.25) is 9.78 Å². The van der Waals surface area contributed by atoms with E-state index in [-0.39, 0.29) is 12.6 Å². The average Bonchev–Trinajstić information content (AvgIpc) is 2.93. The minimum absolute atomic E-state index is 0.0739. The first-order chi connectivity index (χ1) is 9.72. The van der Waals surface area contributed by atoms with Crippen LogP contribution in [0.5, 0.6) is 11.5 Å². The molecule has 0 saturated heterocycles. The van der Waals surface area contributed by atoms with Crippen LogP contribution < -0.4 is 9.47 Å². The molecule has 1 aliphatic rings. The Morgan fingerprint density at radius 3 is 2.85 bits per heavy atom. The zero-order valence-corrected chi connectivity index (χ0v) is 11.0. The van der Waals surface area contributed by atoms with E-state index in [9.17, 15) is 4.79 Å². The van der Waals surface area contributed by atoms with Gasteiger partial charge in [0.25, 0.3) is 0 Å². The summed E-state index contributed by atoms with van der Waals surface area (Å²) in [7, 11) is 0. The summed E-state index contributed by atoms with van der Waals surface area (Å²) in [6.45, 7) is 2.13. The van der Waals surface area contributed by atoms with Crippen molar-refractivity contribution < 1.29 is 14.3 Å². The molecule has 0 aliphatic carbocycles. The number of benzene rings is 1. The van der Waals surface area contributed by atoms with Gasteiger partial charge in [-0.05, 0) is 42.8 Å². The molecule has 0 fully saturated rings. The lowest BCUT2D eigenvalue weighted by Gasteiger charge is -1.98. The Bertz CT molecular complexity index is 675. The van der Waals surface area contributed by atoms with Crippen LogP contribution in [0, 0.1) is 6.92 Å². The maximum Gasteiger partial charge on any atom is 0.231 e. The van der Waals surface area contributed by atoms with E-state index in [1.54, 1.807) is 18.3 Å². The predicted octanol–water partition coefficient (Wildman–Crippen LogP) is 3.01. The number of fused-ring (bicyclic) bond motifs is 1. The van der Waals surface area contributed by atoms with Gasteiger partial charge in [0.2, 0.25) is 6.79 Å². The number of nitrogens with zero attached hydrogens (tertiary/aromatic N) is 1. The van der Waals surface area contributed by atoms with Crippen LogP contribution in [0.4, 0.5) is 0 Å². The minimum atomic E-state index is -0.0739. The number of hydrogen-bond acceptors (Lipinski definition) is 4. The van der Waals surface area contributed by atoms with Crippen molar-refractivity contribution in [2.24, 2.45) is 0 Å². The second-order valence-electron chi connectivity index (χ2n) is 4.50. The van der Waals surface area contributed by atoms with Crippen LogP contribution >= 0.6 is 0 Å². The smallest absolute Gasteiger partial charge is 0.231 e. The molecule has 0 atom stereocenters. The van der Waals surface area contributed by atoms with Crippen LogP contribution in [0.25, 0.3) is 6.08 Å². The number of carbonyl (C=O) groups excluding carboxylic acids is 1. The SMILES string of the molecule is Cc1ccc(C(=O)/C=C/c2ccc3c(c2)OCO3)cn1. The molecule has 2 heterocycles. The number of aryl methyl sites for hydroxylation is 1. The molecule has 0 N–H and O–H groups in total. The van der Waals surface area contributed by atoms with Gasteiger partial charge in [-0.1, -0.05) is 12.1 Å². The van der Waals surface area contributed by atoms with Crippen molar-refractivity contribution in [1.82, 2.24) is 4.98 Å². The summed E-state index contributed by atoms with van der Waals surface area (Å²) in [5, 5.41) is 0. The van der Waals surface area contributed by atoms with E-state index >= 15 is 0 Å². The summed E-state index contributed by atoms with van der Waals surface area (Å²) in [6, 6.07) is 9.15. The normalized spacial score (nSPS) is 12.8. The largest absolute Gasteiger partial charge is 0.454 e. The third-order valence-corrected chi connectivity index (χ3v) is 3.02. The van der Waals surface area contributed by atoms with Gasteiger partial charge >= 0.3 is 0 Å². The molecule has 0 amide bonds. The van der Waals surface area contributed by atoms with E-state index in [1.165, 1.54) is 6.08 Å². The highest BCUT2D eigenvalue weighted by atomic mass is 16.7. The third kappa shape index (κ3) is 2.54. The van der Waals surface area contributed by atoms with Crippen molar-refractivity contribution in [1.29, 1.82) is 0 Å². The standard InChI is InChI=1S/C16H13NO3/c1-11-2-5-13(9-17-11)14(18)6-3-12-4-7-15-16(8-12)20-10-19-15/h2-9H,10H2,1H3/b6-3+. The fourth-order valence-electron chi connectivity index (χ4n) is 1.90. The second kappa shape index (κ2) is 5.17. The Labute approximate surface area is 116 Å². The highest BCUT2D eigenvalue weighted by Crippen LogP contribution is 2.32. The molecule has 0 spiro atoms. The molecular formula is C16H13NO3. The van der Waals surface area contributed by atoms with Crippen molar-refractivity contribution >= 4 is 11.9 Å². The van der Waals surface area contributed by atoms with Gasteiger partial charge in [0.15, 0.2) is 17.3 Å². The number of pyridine rings is 1. The fourth-order valence-corrected chi connectivity index (χ4v) is 1.90. The topological polar surface area (TPSA) is 48.4 Å². The number of hydrogen-bond donors (Lipinski definition) is 0. The molecule has 1 aliphatic heterocycles. The van der Waals surface area contributed by atoms with Crippen molar-refractivity contribution in [3.05, 3.63) is 59.4 Å². The first-order valence-electron chi connectivity index (χ1n) is 6.27. The van der Waals surface area contributed by atoms with Crippen molar-refractivity contribution in [3.8, 4) is 11.5 Å². The molecule has 4 nitrogen and oxygen atoms in total. The fraction of sp³-hybridized carbons (Fsp3) is 0.125. The van der Waals surface area contributed by atoms with Gasteiger partial charge in [0.1, 0.15) is 0 Å². The Morgan fingerprint density at radius 2 is 2.05 bits per heavy atom. The van der Waals surface area contributed by atoms with Crippen LogP contribution in [-0.2, 0) is 0 Å². The van der Waals surface area contributed by atoms with Gasteiger partial charge in [-0.2, -0.15) is 0 Å². The zero-order chi connectivity index (χ0) is 13.9. The average molecular weight is 267 g/mol. The zero-order valence-electron chi connectivity index (χ0n) is 11.0. The number of rotatable bonds is 3. The number of aromatic nitrogens is 1. The minimum Gasteiger partial charge on any atom is -0.454 e. The van der Waals surface area contributed by atoms with Crippen LogP contribution in [-0.4, -0.2) is 17.6 Å². The number of carbonyl (C=O) groups is 1. The molecule has 1 aromatic heterocycles. The van der Waals surface area contributed by atoms with Gasteiger partial charge < -0.3 is 9.47 Å². The summed E-state index contributed by atoms with van der Waals surface area (Å²) in [5.74, 6) is 1.36. The first kappa shape index (κ1) is 12.4. The quantitative estimate of drug-likeness (QED) is 0.633. The highest BCUT2D eigenvalue weighted by Gasteiger charge is 2.12. The monoisotopic (exact) mass is 267 g/mol. The molecule has 100 valence electrons. The Morgan fingerprint density at radius 1 is 1.20 bits per heavy atom. The lowest BCUT2D eigenvalue weighted by Crippen LogP contribution is -1.95. The summed E-state index contributed by atoms with van der Waals surface area (Å²) in [6.07, 6.45) is 4.87. The second-order valence-corrected chi connectivity index (χ2v) is 4.50. The summed E-state index contributed by atoms with van der Waals surface area (Å²) >= 11 is 0. The number of ether oxygens (including phenoxy) is 2. The van der Waals surface area contributed by atoms with E-state index < -0.39 is 0 Å². The molecule has 0 saturated carbocycles. The molecule has 4 heteroatoms. The van der Waals surface area contributed by atoms with Crippen molar-refractivity contribution in [2.45, 2.75) is 6.92 Å². The maximum atomic E-state index is 12.0. The van der Waals surface area contributed by atoms with E-state index in [4.69, 9.17) is 9.47 Å². The third-order valence-electron chi connectivity index (χ3n) is 3.02. The van der Waals surface area contributed by atoms with Crippen molar-refractivity contribution in [3.63, 3.8) is 0 Å². The number of allylic oxidation sites excluding steroid dienone is 1. The van der Waals surface area contributed by atoms with Crippen LogP contribution in [0.1, 0.15) is 21.6 Å². The van der Waals surface area contributed by atoms with Gasteiger partial charge in [-0.25, -0.2) is 0 Å². The van der Waals surface area contributed by atoms with E-state index in [0.717, 1.165) is 17.0 Å². The Hall–Kier alpha value is -2.62. The molecule has 0 radical (unpaired) electrons. The molecule has 0 unspecified atom stereocenters. The molecule has 1 aromatic carbocycles. The van der Waals surface area contributed by atoms with Gasteiger partial charge in [0, 0.05) is 17.5 Å². The summed E-state index contributed by atoms with van der Waals surface area (Å²) in [4.78, 5) is 16.1. The molecular weight excluding hydrogens is 254 g/mol. The lowest BCUT2D eigenvalue weighted by molar-refractivity contribution is 0.104. The lowest BCUT2D eigenvalue weighted by atomic mass is 10.1. The molecule has 20 heavy (non-hydrogen) atoms.